The molecule has 0 aliphatic rings. The van der Waals surface area contributed by atoms with Gasteiger partial charge in [-0.3, -0.25) is 14.3 Å². The highest BCUT2D eigenvalue weighted by atomic mass is 16.5. The van der Waals surface area contributed by atoms with E-state index in [1.807, 2.05) is 54.6 Å². The van der Waals surface area contributed by atoms with Gasteiger partial charge in [0.15, 0.2) is 0 Å². The van der Waals surface area contributed by atoms with Crippen molar-refractivity contribution in [1.29, 1.82) is 0 Å². The molecule has 122 valence electrons. The molecule has 2 aromatic heterocycles. The summed E-state index contributed by atoms with van der Waals surface area (Å²) in [6.07, 6.45) is 3.37. The van der Waals surface area contributed by atoms with Crippen molar-refractivity contribution in [2.45, 2.75) is 0 Å². The van der Waals surface area contributed by atoms with E-state index in [9.17, 15) is 4.79 Å². The summed E-state index contributed by atoms with van der Waals surface area (Å²) in [6.45, 7) is 0. The Hall–Kier alpha value is -3.47. The van der Waals surface area contributed by atoms with Crippen LogP contribution >= 0.6 is 0 Å². The molecule has 2 aromatic carbocycles. The van der Waals surface area contributed by atoms with E-state index in [0.29, 0.717) is 28.2 Å². The maximum absolute atomic E-state index is 13.2. The molecule has 0 unspecified atom stereocenters. The summed E-state index contributed by atoms with van der Waals surface area (Å²) in [7, 11) is 1.59. The van der Waals surface area contributed by atoms with Gasteiger partial charge in [-0.2, -0.15) is 0 Å². The third-order valence-corrected chi connectivity index (χ3v) is 4.04. The Labute approximate surface area is 144 Å². The van der Waals surface area contributed by atoms with Gasteiger partial charge in [-0.25, -0.2) is 4.98 Å². The minimum Gasteiger partial charge on any atom is -0.495 e. The number of rotatable bonds is 3. The average Bonchev–Trinajstić information content (AvgIpc) is 2.68. The minimum absolute atomic E-state index is 0.137. The first kappa shape index (κ1) is 15.1. The zero-order valence-corrected chi connectivity index (χ0v) is 13.6. The predicted octanol–water partition coefficient (Wildman–Crippen LogP) is 3.46. The average molecular weight is 329 g/mol. The van der Waals surface area contributed by atoms with E-state index in [0.717, 1.165) is 5.56 Å². The molecule has 0 fully saturated rings. The molecule has 0 atom stereocenters. The number of nitrogens with zero attached hydrogens (tertiary/aromatic N) is 3. The number of ether oxygens (including phenoxy) is 1. The highest BCUT2D eigenvalue weighted by molar-refractivity contribution is 5.80. The Morgan fingerprint density at radius 1 is 0.920 bits per heavy atom. The van der Waals surface area contributed by atoms with E-state index < -0.39 is 0 Å². The lowest BCUT2D eigenvalue weighted by atomic mass is 10.2. The molecule has 25 heavy (non-hydrogen) atoms. The Morgan fingerprint density at radius 2 is 1.64 bits per heavy atom. The SMILES string of the molecule is COc1ccccc1-n1c(-c2ccncc2)nc2ccccc2c1=O. The van der Waals surface area contributed by atoms with Gasteiger partial charge >= 0.3 is 0 Å². The van der Waals surface area contributed by atoms with Crippen LogP contribution in [0.15, 0.2) is 77.9 Å². The zero-order valence-electron chi connectivity index (χ0n) is 13.6. The molecule has 0 amide bonds. The summed E-state index contributed by atoms with van der Waals surface area (Å²) in [4.78, 5) is 22.0. The van der Waals surface area contributed by atoms with E-state index in [-0.39, 0.29) is 5.56 Å². The van der Waals surface area contributed by atoms with E-state index in [2.05, 4.69) is 4.98 Å². The van der Waals surface area contributed by atoms with Gasteiger partial charge in [0, 0.05) is 18.0 Å². The second-order valence-electron chi connectivity index (χ2n) is 5.50. The van der Waals surface area contributed by atoms with E-state index >= 15 is 0 Å². The molecule has 4 aromatic rings. The molecule has 0 aliphatic heterocycles. The standard InChI is InChI=1S/C20H15N3O2/c1-25-18-9-5-4-8-17(18)23-19(14-10-12-21-13-11-14)22-16-7-3-2-6-15(16)20(23)24/h2-13H,1H3. The van der Waals surface area contributed by atoms with Crippen molar-refractivity contribution in [3.8, 4) is 22.8 Å². The molecule has 0 N–H and O–H groups in total. The van der Waals surface area contributed by atoms with Crippen LogP contribution in [0, 0.1) is 0 Å². The second kappa shape index (κ2) is 6.20. The molecule has 0 aliphatic carbocycles. The van der Waals surface area contributed by atoms with Crippen molar-refractivity contribution >= 4 is 10.9 Å². The molecule has 4 rings (SSSR count). The van der Waals surface area contributed by atoms with Crippen molar-refractivity contribution in [2.75, 3.05) is 7.11 Å². The number of hydrogen-bond acceptors (Lipinski definition) is 4. The summed E-state index contributed by atoms with van der Waals surface area (Å²) < 4.78 is 7.05. The number of aromatic nitrogens is 3. The highest BCUT2D eigenvalue weighted by Crippen LogP contribution is 2.27. The second-order valence-corrected chi connectivity index (χ2v) is 5.50. The number of benzene rings is 2. The Kier molecular flexibility index (Phi) is 3.74. The maximum Gasteiger partial charge on any atom is 0.266 e. The fourth-order valence-electron chi connectivity index (χ4n) is 2.87. The molecule has 5 heteroatoms. The van der Waals surface area contributed by atoms with Gasteiger partial charge in [0.25, 0.3) is 5.56 Å². The number of pyridine rings is 1. The lowest BCUT2D eigenvalue weighted by Crippen LogP contribution is -2.22. The topological polar surface area (TPSA) is 57.0 Å². The highest BCUT2D eigenvalue weighted by Gasteiger charge is 2.16. The maximum atomic E-state index is 13.2. The summed E-state index contributed by atoms with van der Waals surface area (Å²) >= 11 is 0. The van der Waals surface area contributed by atoms with Crippen molar-refractivity contribution < 1.29 is 4.74 Å². The van der Waals surface area contributed by atoms with Crippen LogP contribution in [-0.4, -0.2) is 21.6 Å². The van der Waals surface area contributed by atoms with Gasteiger partial charge in [-0.15, -0.1) is 0 Å². The van der Waals surface area contributed by atoms with E-state index in [4.69, 9.17) is 9.72 Å². The minimum atomic E-state index is -0.137. The van der Waals surface area contributed by atoms with E-state index in [1.165, 1.54) is 0 Å². The van der Waals surface area contributed by atoms with Crippen LogP contribution in [0.5, 0.6) is 5.75 Å². The molecule has 0 radical (unpaired) electrons. The summed E-state index contributed by atoms with van der Waals surface area (Å²) in [5, 5.41) is 0.561. The van der Waals surface area contributed by atoms with Crippen LogP contribution in [0.4, 0.5) is 0 Å². The van der Waals surface area contributed by atoms with Crippen LogP contribution in [0.2, 0.25) is 0 Å². The van der Waals surface area contributed by atoms with Crippen LogP contribution in [-0.2, 0) is 0 Å². The Bertz CT molecular complexity index is 1100. The van der Waals surface area contributed by atoms with Gasteiger partial charge in [0.05, 0.1) is 23.7 Å². The van der Waals surface area contributed by atoms with Gasteiger partial charge < -0.3 is 4.74 Å². The molecule has 5 nitrogen and oxygen atoms in total. The Balaban J connectivity index is 2.15. The first-order valence-corrected chi connectivity index (χ1v) is 7.85. The molecular weight excluding hydrogens is 314 g/mol. The van der Waals surface area contributed by atoms with Crippen molar-refractivity contribution in [3.05, 3.63) is 83.4 Å². The van der Waals surface area contributed by atoms with Gasteiger partial charge in [0.1, 0.15) is 11.6 Å². The number of para-hydroxylation sites is 3. The molecule has 0 spiro atoms. The molecule has 2 heterocycles. The van der Waals surface area contributed by atoms with Gasteiger partial charge in [0.2, 0.25) is 0 Å². The van der Waals surface area contributed by atoms with Crippen LogP contribution in [0.25, 0.3) is 28.0 Å². The first-order valence-electron chi connectivity index (χ1n) is 7.85. The lowest BCUT2D eigenvalue weighted by molar-refractivity contribution is 0.412. The van der Waals surface area contributed by atoms with Crippen LogP contribution in [0.3, 0.4) is 0 Å². The predicted molar refractivity (Wildman–Crippen MR) is 97.1 cm³/mol. The quantitative estimate of drug-likeness (QED) is 0.577. The normalized spacial score (nSPS) is 10.8. The van der Waals surface area contributed by atoms with Crippen molar-refractivity contribution in [2.24, 2.45) is 0 Å². The van der Waals surface area contributed by atoms with Crippen molar-refractivity contribution in [1.82, 2.24) is 14.5 Å². The largest absolute Gasteiger partial charge is 0.495 e. The third-order valence-electron chi connectivity index (χ3n) is 4.04. The lowest BCUT2D eigenvalue weighted by Gasteiger charge is -2.16. The molecule has 0 saturated carbocycles. The third kappa shape index (κ3) is 2.55. The summed E-state index contributed by atoms with van der Waals surface area (Å²) in [6, 6.07) is 18.4. The molecule has 0 bridgehead atoms. The molecular formula is C20H15N3O2. The number of hydrogen-bond donors (Lipinski definition) is 0. The van der Waals surface area contributed by atoms with Gasteiger partial charge in [-0.1, -0.05) is 24.3 Å². The smallest absolute Gasteiger partial charge is 0.266 e. The first-order chi connectivity index (χ1) is 12.3. The van der Waals surface area contributed by atoms with Gasteiger partial charge in [-0.05, 0) is 36.4 Å². The Morgan fingerprint density at radius 3 is 2.44 bits per heavy atom. The zero-order chi connectivity index (χ0) is 17.2. The monoisotopic (exact) mass is 329 g/mol. The van der Waals surface area contributed by atoms with Crippen LogP contribution < -0.4 is 10.3 Å². The fourth-order valence-corrected chi connectivity index (χ4v) is 2.87. The number of methoxy groups -OCH3 is 1. The number of fused-ring (bicyclic) bond motifs is 1. The molecule has 0 saturated heterocycles. The summed E-state index contributed by atoms with van der Waals surface area (Å²) in [5.74, 6) is 1.16. The summed E-state index contributed by atoms with van der Waals surface area (Å²) in [5.41, 5.74) is 1.98. The van der Waals surface area contributed by atoms with E-state index in [1.54, 1.807) is 30.1 Å². The van der Waals surface area contributed by atoms with Crippen molar-refractivity contribution in [3.63, 3.8) is 0 Å². The van der Waals surface area contributed by atoms with Crippen LogP contribution in [0.1, 0.15) is 0 Å². The fraction of sp³-hybridized carbons (Fsp3) is 0.0500.